The van der Waals surface area contributed by atoms with Gasteiger partial charge in [-0.1, -0.05) is 49.1 Å². The Balaban J connectivity index is 1.54. The smallest absolute Gasteiger partial charge is 0.407 e. The van der Waals surface area contributed by atoms with Crippen LogP contribution in [0.4, 0.5) is 4.79 Å². The van der Waals surface area contributed by atoms with E-state index >= 15 is 0 Å². The maximum absolute atomic E-state index is 13.8. The number of carboxylic acid groups (broad SMARTS) is 1. The van der Waals surface area contributed by atoms with Crippen LogP contribution >= 0.6 is 11.6 Å². The summed E-state index contributed by atoms with van der Waals surface area (Å²) in [7, 11) is 1.61. The third kappa shape index (κ3) is 5.87. The van der Waals surface area contributed by atoms with Crippen LogP contribution in [0, 0.1) is 0 Å². The van der Waals surface area contributed by atoms with Crippen molar-refractivity contribution < 1.29 is 29.3 Å². The first-order valence-electron chi connectivity index (χ1n) is 12.3. The van der Waals surface area contributed by atoms with Crippen molar-refractivity contribution in [3.05, 3.63) is 58.6 Å². The van der Waals surface area contributed by atoms with Crippen LogP contribution in [0.2, 0.25) is 5.02 Å². The number of ether oxygens (including phenoxy) is 2. The number of aliphatic hydroxyl groups is 1. The fourth-order valence-electron chi connectivity index (χ4n) is 5.17. The molecule has 2 N–H and O–H groups in total. The van der Waals surface area contributed by atoms with Crippen molar-refractivity contribution in [2.45, 2.75) is 50.2 Å². The summed E-state index contributed by atoms with van der Waals surface area (Å²) in [6, 6.07) is 12.8. The third-order valence-corrected chi connectivity index (χ3v) is 7.48. The molecule has 9 heteroatoms. The molecular weight excluding hydrogens is 484 g/mol. The minimum absolute atomic E-state index is 0.189. The van der Waals surface area contributed by atoms with Crippen LogP contribution in [0.1, 0.15) is 49.1 Å². The van der Waals surface area contributed by atoms with Gasteiger partial charge in [0.1, 0.15) is 18.1 Å². The number of hydrogen-bond donors (Lipinski definition) is 2. The van der Waals surface area contributed by atoms with Crippen LogP contribution < -0.4 is 9.47 Å². The van der Waals surface area contributed by atoms with Crippen LogP contribution in [-0.4, -0.2) is 70.9 Å². The predicted octanol–water partition coefficient (Wildman–Crippen LogP) is 4.53. The van der Waals surface area contributed by atoms with Gasteiger partial charge in [-0.25, -0.2) is 4.79 Å². The summed E-state index contributed by atoms with van der Waals surface area (Å²) in [5, 5.41) is 21.3. The lowest BCUT2D eigenvalue weighted by Gasteiger charge is -2.42. The molecule has 8 nitrogen and oxygen atoms in total. The highest BCUT2D eigenvalue weighted by molar-refractivity contribution is 6.32. The number of methoxy groups -OCH3 is 1. The van der Waals surface area contributed by atoms with Gasteiger partial charge in [-0.15, -0.1) is 0 Å². The van der Waals surface area contributed by atoms with E-state index in [1.54, 1.807) is 30.2 Å². The van der Waals surface area contributed by atoms with Gasteiger partial charge in [-0.3, -0.25) is 4.79 Å². The fraction of sp³-hybridized carbons (Fsp3) is 0.481. The van der Waals surface area contributed by atoms with Gasteiger partial charge in [0.05, 0.1) is 23.7 Å². The maximum Gasteiger partial charge on any atom is 0.407 e. The zero-order valence-corrected chi connectivity index (χ0v) is 21.2. The lowest BCUT2D eigenvalue weighted by atomic mass is 9.72. The number of halogens is 1. The first-order valence-corrected chi connectivity index (χ1v) is 12.7. The summed E-state index contributed by atoms with van der Waals surface area (Å²) >= 11 is 6.60. The van der Waals surface area contributed by atoms with Gasteiger partial charge < -0.3 is 29.5 Å². The topological polar surface area (TPSA) is 99.5 Å². The molecule has 4 rings (SSSR count). The van der Waals surface area contributed by atoms with E-state index in [4.69, 9.17) is 21.1 Å². The average Bonchev–Trinajstić information content (AvgIpc) is 2.88. The molecule has 0 spiro atoms. The lowest BCUT2D eigenvalue weighted by Crippen LogP contribution is -2.54. The van der Waals surface area contributed by atoms with E-state index < -0.39 is 17.6 Å². The van der Waals surface area contributed by atoms with E-state index in [-0.39, 0.29) is 19.0 Å². The van der Waals surface area contributed by atoms with Crippen molar-refractivity contribution >= 4 is 23.6 Å². The predicted molar refractivity (Wildman–Crippen MR) is 136 cm³/mol. The highest BCUT2D eigenvalue weighted by Gasteiger charge is 2.45. The highest BCUT2D eigenvalue weighted by atomic mass is 35.5. The Bertz CT molecular complexity index is 1080. The molecule has 2 aromatic rings. The van der Waals surface area contributed by atoms with Crippen LogP contribution in [0.25, 0.3) is 0 Å². The molecule has 36 heavy (non-hydrogen) atoms. The molecule has 1 heterocycles. The molecule has 2 amide bonds. The van der Waals surface area contributed by atoms with Gasteiger partial charge in [-0.05, 0) is 48.2 Å². The number of nitrogens with zero attached hydrogens (tertiary/aromatic N) is 2. The number of piperazine rings is 1. The average molecular weight is 517 g/mol. The van der Waals surface area contributed by atoms with E-state index in [0.29, 0.717) is 48.9 Å². The van der Waals surface area contributed by atoms with Crippen molar-refractivity contribution in [2.75, 3.05) is 33.3 Å². The summed E-state index contributed by atoms with van der Waals surface area (Å²) in [5.41, 5.74) is 0.398. The van der Waals surface area contributed by atoms with Crippen LogP contribution in [0.15, 0.2) is 42.5 Å². The Morgan fingerprint density at radius 2 is 1.72 bits per heavy atom. The second-order valence-electron chi connectivity index (χ2n) is 9.52. The van der Waals surface area contributed by atoms with E-state index in [9.17, 15) is 19.8 Å². The molecule has 194 valence electrons. The number of carbonyl (C=O) groups is 2. The Hall–Kier alpha value is -2.97. The van der Waals surface area contributed by atoms with Gasteiger partial charge in [0.25, 0.3) is 0 Å². The van der Waals surface area contributed by atoms with Crippen molar-refractivity contribution in [1.29, 1.82) is 0 Å². The van der Waals surface area contributed by atoms with Gasteiger partial charge in [-0.2, -0.15) is 0 Å². The van der Waals surface area contributed by atoms with Crippen LogP contribution in [-0.2, 0) is 11.4 Å². The monoisotopic (exact) mass is 516 g/mol. The molecule has 1 saturated carbocycles. The number of hydrogen-bond acceptors (Lipinski definition) is 5. The van der Waals surface area contributed by atoms with Gasteiger partial charge in [0, 0.05) is 26.2 Å². The fourth-order valence-corrected chi connectivity index (χ4v) is 5.42. The van der Waals surface area contributed by atoms with Crippen LogP contribution in [0.5, 0.6) is 11.5 Å². The van der Waals surface area contributed by atoms with E-state index in [1.165, 1.54) is 4.90 Å². The molecule has 1 saturated heterocycles. The summed E-state index contributed by atoms with van der Waals surface area (Å²) < 4.78 is 11.2. The SMILES string of the molecule is COc1cccc(COc2ccc(C(C(=O)N3CCN(C(=O)O)CC3)C3(O)CCCCC3)cc2Cl)c1. The standard InChI is InChI=1S/C27H33ClN2O6/c1-35-21-7-5-6-19(16-21)18-36-23-9-8-20(17-22(23)28)24(27(34)10-3-2-4-11-27)25(31)29-12-14-30(15-13-29)26(32)33/h5-9,16-17,24,34H,2-4,10-15,18H2,1H3,(H,32,33). The molecule has 2 fully saturated rings. The molecule has 1 atom stereocenters. The molecular formula is C27H33ClN2O6. The van der Waals surface area contributed by atoms with Gasteiger partial charge in [0.2, 0.25) is 5.91 Å². The minimum atomic E-state index is -1.18. The Morgan fingerprint density at radius 1 is 1.03 bits per heavy atom. The highest BCUT2D eigenvalue weighted by Crippen LogP contribution is 2.43. The Kier molecular flexibility index (Phi) is 8.26. The molecule has 2 aromatic carbocycles. The Labute approximate surface area is 216 Å². The Morgan fingerprint density at radius 3 is 2.36 bits per heavy atom. The quantitative estimate of drug-likeness (QED) is 0.561. The van der Waals surface area contributed by atoms with E-state index in [2.05, 4.69) is 0 Å². The first kappa shape index (κ1) is 26.1. The number of carbonyl (C=O) groups excluding carboxylic acids is 1. The van der Waals surface area contributed by atoms with Crippen molar-refractivity contribution in [2.24, 2.45) is 0 Å². The summed E-state index contributed by atoms with van der Waals surface area (Å²) in [4.78, 5) is 28.0. The van der Waals surface area contributed by atoms with Gasteiger partial charge in [0.15, 0.2) is 0 Å². The molecule has 1 aliphatic carbocycles. The number of benzene rings is 2. The minimum Gasteiger partial charge on any atom is -0.497 e. The molecule has 2 aliphatic rings. The number of rotatable bonds is 7. The van der Waals surface area contributed by atoms with Gasteiger partial charge >= 0.3 is 6.09 Å². The number of amides is 2. The summed E-state index contributed by atoms with van der Waals surface area (Å²) in [6.45, 7) is 1.41. The molecule has 0 aromatic heterocycles. The van der Waals surface area contributed by atoms with Crippen molar-refractivity contribution in [1.82, 2.24) is 9.80 Å². The van der Waals surface area contributed by atoms with E-state index in [1.807, 2.05) is 24.3 Å². The molecule has 0 radical (unpaired) electrons. The van der Waals surface area contributed by atoms with Crippen molar-refractivity contribution in [3.8, 4) is 11.5 Å². The molecule has 1 unspecified atom stereocenters. The molecule has 0 bridgehead atoms. The third-order valence-electron chi connectivity index (χ3n) is 7.18. The second-order valence-corrected chi connectivity index (χ2v) is 9.93. The zero-order valence-electron chi connectivity index (χ0n) is 20.5. The second kappa shape index (κ2) is 11.4. The van der Waals surface area contributed by atoms with Crippen LogP contribution in [0.3, 0.4) is 0 Å². The van der Waals surface area contributed by atoms with Crippen molar-refractivity contribution in [3.63, 3.8) is 0 Å². The largest absolute Gasteiger partial charge is 0.497 e. The summed E-state index contributed by atoms with van der Waals surface area (Å²) in [6.07, 6.45) is 2.80. The maximum atomic E-state index is 13.8. The lowest BCUT2D eigenvalue weighted by molar-refractivity contribution is -0.143. The molecule has 1 aliphatic heterocycles. The van der Waals surface area contributed by atoms with E-state index in [0.717, 1.165) is 30.6 Å². The zero-order chi connectivity index (χ0) is 25.7. The first-order chi connectivity index (χ1) is 17.3. The normalized spacial score (nSPS) is 18.4. The summed E-state index contributed by atoms with van der Waals surface area (Å²) in [5.74, 6) is 0.258.